The third-order valence-corrected chi connectivity index (χ3v) is 12.3. The van der Waals surface area contributed by atoms with Gasteiger partial charge in [0.15, 0.2) is 10.7 Å². The fourth-order valence-corrected chi connectivity index (χ4v) is 9.07. The minimum atomic E-state index is -3.80. The maximum absolute atomic E-state index is 13.8. The van der Waals surface area contributed by atoms with Gasteiger partial charge in [-0.15, -0.1) is 10.2 Å². The maximum atomic E-state index is 13.8. The van der Waals surface area contributed by atoms with Crippen LogP contribution in [0.3, 0.4) is 0 Å². The van der Waals surface area contributed by atoms with E-state index in [1.807, 2.05) is 18.2 Å². The van der Waals surface area contributed by atoms with Crippen LogP contribution in [0.2, 0.25) is 0 Å². The number of imidazole rings is 1. The van der Waals surface area contributed by atoms with Crippen molar-refractivity contribution in [1.29, 1.82) is 0 Å². The summed E-state index contributed by atoms with van der Waals surface area (Å²) in [4.78, 5) is 7.72. The van der Waals surface area contributed by atoms with Crippen LogP contribution in [0.4, 0.5) is 5.69 Å². The Balaban J connectivity index is 1.35. The Morgan fingerprint density at radius 1 is 1.14 bits per heavy atom. The van der Waals surface area contributed by atoms with Crippen LogP contribution in [0.1, 0.15) is 76.9 Å². The van der Waals surface area contributed by atoms with Crippen molar-refractivity contribution in [3.05, 3.63) is 23.0 Å². The van der Waals surface area contributed by atoms with Crippen molar-refractivity contribution in [3.63, 3.8) is 0 Å². The molecule has 2 saturated carbocycles. The van der Waals surface area contributed by atoms with E-state index in [4.69, 9.17) is 19.2 Å². The van der Waals surface area contributed by atoms with Gasteiger partial charge in [0.2, 0.25) is 10.0 Å². The molecule has 0 bridgehead atoms. The van der Waals surface area contributed by atoms with Gasteiger partial charge in [-0.05, 0) is 79.2 Å². The van der Waals surface area contributed by atoms with Gasteiger partial charge in [-0.3, -0.25) is 4.40 Å². The average molecular weight is 631 g/mol. The Morgan fingerprint density at radius 3 is 2.44 bits per heavy atom. The number of sulfonamides is 1. The monoisotopic (exact) mass is 630 g/mol. The number of methoxy groups -OCH3 is 1. The fraction of sp³-hybridized carbons (Fsp3) is 0.700. The molecular weight excluding hydrogens is 589 g/mol. The van der Waals surface area contributed by atoms with Gasteiger partial charge in [0.05, 0.1) is 30.6 Å². The highest BCUT2D eigenvalue weighted by molar-refractivity contribution is 7.89. The minimum Gasteiger partial charge on any atom is -0.375 e. The summed E-state index contributed by atoms with van der Waals surface area (Å²) < 4.78 is 51.1. The lowest BCUT2D eigenvalue weighted by Gasteiger charge is -2.43. The van der Waals surface area contributed by atoms with Crippen molar-refractivity contribution < 1.29 is 22.6 Å². The Hall–Kier alpha value is -2.16. The standard InChI is InChI=1S/C30H42N6O5S2/c1-18(2)41-25-19(3)40-17-29(25)11-13-35(14-12-29)22-15-21(43(37,38)34-28(5)7-8-28)16-36-23(27-33-32-20(4)42-27)24(31-26(22)36)30(39-6)9-10-30/h15-16,18-19,25,34H,7-14,17H2,1-6H3/t19-,25?/m0/s1. The predicted octanol–water partition coefficient (Wildman–Crippen LogP) is 4.43. The molecule has 3 aromatic rings. The number of hydrogen-bond acceptors (Lipinski definition) is 10. The molecule has 3 aromatic heterocycles. The Bertz CT molecular complexity index is 1650. The first-order valence-corrected chi connectivity index (χ1v) is 17.7. The molecular formula is C30H42N6O5S2. The van der Waals surface area contributed by atoms with Crippen molar-refractivity contribution in [1.82, 2.24) is 24.3 Å². The zero-order valence-electron chi connectivity index (χ0n) is 25.8. The number of fused-ring (bicyclic) bond motifs is 1. The molecule has 2 aliphatic heterocycles. The van der Waals surface area contributed by atoms with Gasteiger partial charge in [0.25, 0.3) is 0 Å². The topological polar surface area (TPSA) is 120 Å². The highest BCUT2D eigenvalue weighted by Crippen LogP contribution is 2.53. The lowest BCUT2D eigenvalue weighted by atomic mass is 9.74. The van der Waals surface area contributed by atoms with Gasteiger partial charge >= 0.3 is 0 Å². The number of piperidine rings is 1. The number of nitrogens with zero attached hydrogens (tertiary/aromatic N) is 5. The molecule has 2 aliphatic carbocycles. The summed E-state index contributed by atoms with van der Waals surface area (Å²) in [5.74, 6) is 0. The van der Waals surface area contributed by atoms with E-state index in [1.165, 1.54) is 11.3 Å². The summed E-state index contributed by atoms with van der Waals surface area (Å²) in [7, 11) is -2.08. The van der Waals surface area contributed by atoms with E-state index in [0.717, 1.165) is 73.7 Å². The summed E-state index contributed by atoms with van der Waals surface area (Å²) in [5.41, 5.74) is 2.08. The number of hydrogen-bond donors (Lipinski definition) is 1. The van der Waals surface area contributed by atoms with Crippen LogP contribution in [0.5, 0.6) is 0 Å². The van der Waals surface area contributed by atoms with Crippen LogP contribution in [0.25, 0.3) is 16.3 Å². The van der Waals surface area contributed by atoms with Crippen LogP contribution >= 0.6 is 11.3 Å². The molecule has 1 spiro atoms. The van der Waals surface area contributed by atoms with Gasteiger partial charge in [-0.2, -0.15) is 0 Å². The van der Waals surface area contributed by atoms with Crippen molar-refractivity contribution in [2.24, 2.45) is 5.41 Å². The second-order valence-corrected chi connectivity index (χ2v) is 16.4. The van der Waals surface area contributed by atoms with E-state index in [-0.39, 0.29) is 28.6 Å². The number of nitrogens with one attached hydrogen (secondary N) is 1. The summed E-state index contributed by atoms with van der Waals surface area (Å²) >= 11 is 1.48. The first-order valence-electron chi connectivity index (χ1n) is 15.4. The first-order chi connectivity index (χ1) is 20.4. The van der Waals surface area contributed by atoms with E-state index in [2.05, 4.69) is 40.6 Å². The van der Waals surface area contributed by atoms with Crippen molar-refractivity contribution in [2.75, 3.05) is 31.7 Å². The Morgan fingerprint density at radius 2 is 1.86 bits per heavy atom. The number of aryl methyl sites for hydroxylation is 1. The molecule has 0 radical (unpaired) electrons. The minimum absolute atomic E-state index is 0.0339. The number of ether oxygens (including phenoxy) is 3. The smallest absolute Gasteiger partial charge is 0.242 e. The van der Waals surface area contributed by atoms with Crippen LogP contribution in [0.15, 0.2) is 17.2 Å². The van der Waals surface area contributed by atoms with E-state index in [0.29, 0.717) is 17.3 Å². The largest absolute Gasteiger partial charge is 0.375 e. The molecule has 13 heteroatoms. The number of pyridine rings is 1. The number of anilines is 1. The van der Waals surface area contributed by atoms with Crippen molar-refractivity contribution in [3.8, 4) is 10.7 Å². The number of aromatic nitrogens is 4. The second-order valence-electron chi connectivity index (χ2n) is 13.5. The van der Waals surface area contributed by atoms with Crippen LogP contribution < -0.4 is 9.62 Å². The quantitative estimate of drug-likeness (QED) is 0.366. The maximum Gasteiger partial charge on any atom is 0.242 e. The highest BCUT2D eigenvalue weighted by Gasteiger charge is 2.52. The van der Waals surface area contributed by atoms with E-state index in [9.17, 15) is 8.42 Å². The molecule has 234 valence electrons. The van der Waals surface area contributed by atoms with Crippen LogP contribution in [-0.4, -0.2) is 78.7 Å². The summed E-state index contributed by atoms with van der Waals surface area (Å²) in [5, 5.41) is 10.3. The van der Waals surface area contributed by atoms with Gasteiger partial charge in [-0.25, -0.2) is 18.1 Å². The third-order valence-electron chi connectivity index (χ3n) is 9.80. The summed E-state index contributed by atoms with van der Waals surface area (Å²) in [6, 6.07) is 1.80. The lowest BCUT2D eigenvalue weighted by Crippen LogP contribution is -2.48. The molecule has 4 aliphatic rings. The summed E-state index contributed by atoms with van der Waals surface area (Å²) in [6.07, 6.45) is 7.01. The average Bonchev–Trinajstić information content (AvgIpc) is 3.78. The zero-order valence-corrected chi connectivity index (χ0v) is 27.5. The molecule has 43 heavy (non-hydrogen) atoms. The molecule has 0 amide bonds. The van der Waals surface area contributed by atoms with Crippen LogP contribution in [-0.2, 0) is 29.8 Å². The van der Waals surface area contributed by atoms with Gasteiger partial charge in [-0.1, -0.05) is 11.3 Å². The lowest BCUT2D eigenvalue weighted by molar-refractivity contribution is -0.0718. The van der Waals surface area contributed by atoms with E-state index >= 15 is 0 Å². The van der Waals surface area contributed by atoms with Crippen LogP contribution in [0, 0.1) is 12.3 Å². The molecule has 7 rings (SSSR count). The molecule has 4 fully saturated rings. The molecule has 11 nitrogen and oxygen atoms in total. The highest BCUT2D eigenvalue weighted by atomic mass is 32.2. The van der Waals surface area contributed by atoms with E-state index in [1.54, 1.807) is 19.4 Å². The third kappa shape index (κ3) is 5.09. The summed E-state index contributed by atoms with van der Waals surface area (Å²) in [6.45, 7) is 12.3. The molecule has 0 aromatic carbocycles. The van der Waals surface area contributed by atoms with Gasteiger partial charge in [0.1, 0.15) is 26.9 Å². The van der Waals surface area contributed by atoms with Gasteiger partial charge in [0, 0.05) is 37.4 Å². The Kier molecular flexibility index (Phi) is 6.99. The number of rotatable bonds is 9. The molecule has 5 heterocycles. The van der Waals surface area contributed by atoms with Gasteiger partial charge < -0.3 is 19.1 Å². The second kappa shape index (κ2) is 10.2. The van der Waals surface area contributed by atoms with Crippen molar-refractivity contribution >= 4 is 32.7 Å². The molecule has 2 saturated heterocycles. The van der Waals surface area contributed by atoms with Crippen molar-refractivity contribution in [2.45, 2.75) is 107 Å². The van der Waals surface area contributed by atoms with E-state index < -0.39 is 21.2 Å². The molecule has 1 N–H and O–H groups in total. The normalized spacial score (nSPS) is 25.7. The Labute approximate surface area is 257 Å². The SMILES string of the molecule is COC1(c2nc3c(N4CCC5(CC4)CO[C@@H](C)C5OC(C)C)cc(S(=O)(=O)NC4(C)CC4)cn3c2-c2nnc(C)s2)CC1. The zero-order chi connectivity index (χ0) is 30.4. The molecule has 1 unspecified atom stereocenters. The predicted molar refractivity (Wildman–Crippen MR) is 164 cm³/mol. The first kappa shape index (κ1) is 29.5. The molecule has 2 atom stereocenters. The fourth-order valence-electron chi connectivity index (χ4n) is 6.86.